The van der Waals surface area contributed by atoms with Gasteiger partial charge in [-0.15, -0.1) is 0 Å². The average molecular weight is 106 g/mol. The van der Waals surface area contributed by atoms with Crippen LogP contribution in [0.1, 0.15) is 0 Å². The molecule has 1 amide bonds. The molecule has 0 aromatic heterocycles. The van der Waals surface area contributed by atoms with Gasteiger partial charge in [-0.1, -0.05) is 12.8 Å². The maximum absolute atomic E-state index is 9.87. The van der Waals surface area contributed by atoms with Crippen LogP contribution in [0.2, 0.25) is 0 Å². The summed E-state index contributed by atoms with van der Waals surface area (Å²) >= 11 is 3.42. The zero-order chi connectivity index (χ0) is 4.99. The molecule has 0 saturated heterocycles. The van der Waals surface area contributed by atoms with Crippen molar-refractivity contribution in [3.63, 3.8) is 0 Å². The lowest BCUT2D eigenvalue weighted by molar-refractivity contribution is -0.117. The number of rotatable bonds is 1. The van der Waals surface area contributed by atoms with E-state index in [0.717, 1.165) is 0 Å². The Kier molecular flexibility index (Phi) is 2.88. The van der Waals surface area contributed by atoms with Crippen LogP contribution >= 0.6 is 12.8 Å². The molecular formula is C2H6N2OS. The third-order valence-corrected chi connectivity index (χ3v) is 0.559. The number of carbonyl (C=O) groups is 1. The Morgan fingerprint density at radius 3 is 2.50 bits per heavy atom. The monoisotopic (exact) mass is 106 g/mol. The van der Waals surface area contributed by atoms with E-state index in [1.165, 1.54) is 0 Å². The summed E-state index contributed by atoms with van der Waals surface area (Å²) in [6, 6.07) is 0. The number of hydrogen-bond donors (Lipinski definition) is 3. The van der Waals surface area contributed by atoms with Crippen LogP contribution in [-0.2, 0) is 4.79 Å². The fourth-order valence-corrected chi connectivity index (χ4v) is 0.137. The Morgan fingerprint density at radius 2 is 2.50 bits per heavy atom. The molecule has 0 aliphatic heterocycles. The molecule has 0 aliphatic carbocycles. The molecule has 0 radical (unpaired) electrons. The summed E-state index contributed by atoms with van der Waals surface area (Å²) in [5.74, 6) is -0.265. The molecule has 3 nitrogen and oxygen atoms in total. The molecule has 0 aromatic carbocycles. The van der Waals surface area contributed by atoms with E-state index in [1.54, 1.807) is 0 Å². The van der Waals surface area contributed by atoms with Gasteiger partial charge in [0.05, 0.1) is 6.54 Å². The molecule has 3 N–H and O–H groups in total. The molecule has 0 bridgehead atoms. The van der Waals surface area contributed by atoms with Gasteiger partial charge in [-0.2, -0.15) is 0 Å². The lowest BCUT2D eigenvalue weighted by Crippen LogP contribution is -2.22. The zero-order valence-corrected chi connectivity index (χ0v) is 4.03. The lowest BCUT2D eigenvalue weighted by atomic mass is 10.7. The van der Waals surface area contributed by atoms with Crippen molar-refractivity contribution in [3.05, 3.63) is 0 Å². The molecule has 0 spiro atoms. The van der Waals surface area contributed by atoms with Crippen molar-refractivity contribution < 1.29 is 4.79 Å². The van der Waals surface area contributed by atoms with Gasteiger partial charge in [-0.05, 0) is 0 Å². The SMILES string of the molecule is NCC(=O)NS. The molecule has 0 atom stereocenters. The second-order valence-electron chi connectivity index (χ2n) is 0.739. The minimum atomic E-state index is -0.265. The summed E-state index contributed by atoms with van der Waals surface area (Å²) in [5.41, 5.74) is 4.82. The van der Waals surface area contributed by atoms with Gasteiger partial charge < -0.3 is 10.5 Å². The Labute approximate surface area is 41.4 Å². The number of nitrogens with two attached hydrogens (primary N) is 1. The first kappa shape index (κ1) is 5.78. The first-order valence-electron chi connectivity index (χ1n) is 1.44. The van der Waals surface area contributed by atoms with Crippen molar-refractivity contribution in [2.45, 2.75) is 0 Å². The van der Waals surface area contributed by atoms with E-state index in [-0.39, 0.29) is 12.5 Å². The molecule has 0 aromatic rings. The molecule has 6 heavy (non-hydrogen) atoms. The van der Waals surface area contributed by atoms with Crippen LogP contribution in [0.4, 0.5) is 0 Å². The van der Waals surface area contributed by atoms with Crippen LogP contribution in [0.5, 0.6) is 0 Å². The summed E-state index contributed by atoms with van der Waals surface area (Å²) < 4.78 is 2.05. The summed E-state index contributed by atoms with van der Waals surface area (Å²) in [7, 11) is 0. The maximum atomic E-state index is 9.87. The largest absolute Gasteiger partial charge is 0.322 e. The topological polar surface area (TPSA) is 55.1 Å². The second-order valence-corrected chi connectivity index (χ2v) is 0.963. The molecule has 0 aliphatic rings. The van der Waals surface area contributed by atoms with Crippen molar-refractivity contribution in [3.8, 4) is 0 Å². The van der Waals surface area contributed by atoms with Gasteiger partial charge in [0.25, 0.3) is 0 Å². The quantitative estimate of drug-likeness (QED) is 0.372. The van der Waals surface area contributed by atoms with E-state index in [4.69, 9.17) is 5.73 Å². The van der Waals surface area contributed by atoms with Crippen molar-refractivity contribution >= 4 is 18.7 Å². The normalized spacial score (nSPS) is 7.67. The number of carbonyl (C=O) groups excluding carboxylic acids is 1. The van der Waals surface area contributed by atoms with E-state index < -0.39 is 0 Å². The van der Waals surface area contributed by atoms with Crippen LogP contribution in [0.25, 0.3) is 0 Å². The summed E-state index contributed by atoms with van der Waals surface area (Å²) in [5, 5.41) is 0. The second kappa shape index (κ2) is 2.99. The third-order valence-electron chi connectivity index (χ3n) is 0.310. The number of hydrogen-bond acceptors (Lipinski definition) is 3. The van der Waals surface area contributed by atoms with Gasteiger partial charge in [0, 0.05) is 0 Å². The number of nitrogens with one attached hydrogen (secondary N) is 1. The predicted molar refractivity (Wildman–Crippen MR) is 26.2 cm³/mol. The predicted octanol–water partition coefficient (Wildman–Crippen LogP) is -1.09. The van der Waals surface area contributed by atoms with Crippen LogP contribution in [0.3, 0.4) is 0 Å². The van der Waals surface area contributed by atoms with E-state index >= 15 is 0 Å². The molecular weight excluding hydrogens is 100 g/mol. The van der Waals surface area contributed by atoms with Crippen molar-refractivity contribution in [2.75, 3.05) is 6.54 Å². The zero-order valence-electron chi connectivity index (χ0n) is 3.14. The van der Waals surface area contributed by atoms with Gasteiger partial charge in [0.1, 0.15) is 0 Å². The number of thiol groups is 1. The third kappa shape index (κ3) is 2.04. The van der Waals surface area contributed by atoms with Crippen LogP contribution < -0.4 is 10.5 Å². The van der Waals surface area contributed by atoms with E-state index in [9.17, 15) is 4.79 Å². The average Bonchev–Trinajstić information content (AvgIpc) is 1.65. The van der Waals surface area contributed by atoms with E-state index in [2.05, 4.69) is 12.8 Å². The highest BCUT2D eigenvalue weighted by molar-refractivity contribution is 7.78. The van der Waals surface area contributed by atoms with Gasteiger partial charge in [0.15, 0.2) is 0 Å². The summed E-state index contributed by atoms with van der Waals surface area (Å²) in [6.45, 7) is 0.00347. The van der Waals surface area contributed by atoms with Crippen molar-refractivity contribution in [2.24, 2.45) is 5.73 Å². The molecule has 4 heteroatoms. The van der Waals surface area contributed by atoms with Crippen LogP contribution in [0, 0.1) is 0 Å². The van der Waals surface area contributed by atoms with Crippen molar-refractivity contribution in [1.82, 2.24) is 4.72 Å². The van der Waals surface area contributed by atoms with Gasteiger partial charge in [-0.3, -0.25) is 4.79 Å². The Balaban J connectivity index is 2.99. The van der Waals surface area contributed by atoms with Gasteiger partial charge in [0.2, 0.25) is 5.91 Å². The molecule has 0 fully saturated rings. The minimum Gasteiger partial charge on any atom is -0.322 e. The smallest absolute Gasteiger partial charge is 0.243 e. The Morgan fingerprint density at radius 1 is 2.00 bits per heavy atom. The Hall–Kier alpha value is -0.220. The maximum Gasteiger partial charge on any atom is 0.243 e. The van der Waals surface area contributed by atoms with Crippen LogP contribution in [-0.4, -0.2) is 12.5 Å². The minimum absolute atomic E-state index is 0.00347. The van der Waals surface area contributed by atoms with Gasteiger partial charge >= 0.3 is 0 Å². The highest BCUT2D eigenvalue weighted by atomic mass is 32.1. The first-order valence-corrected chi connectivity index (χ1v) is 1.89. The Bertz CT molecular complexity index is 49.5. The first-order chi connectivity index (χ1) is 2.81. The van der Waals surface area contributed by atoms with Gasteiger partial charge in [-0.25, -0.2) is 0 Å². The highest BCUT2D eigenvalue weighted by Crippen LogP contribution is 1.57. The summed E-state index contributed by atoms with van der Waals surface area (Å²) in [4.78, 5) is 9.87. The highest BCUT2D eigenvalue weighted by Gasteiger charge is 1.85. The van der Waals surface area contributed by atoms with Crippen molar-refractivity contribution in [1.29, 1.82) is 0 Å². The molecule has 0 unspecified atom stereocenters. The van der Waals surface area contributed by atoms with E-state index in [0.29, 0.717) is 0 Å². The number of amides is 1. The summed E-state index contributed by atoms with van der Waals surface area (Å²) in [6.07, 6.45) is 0. The standard InChI is InChI=1S/C2H6N2OS/c3-1-2(5)4-6/h6H,1,3H2,(H,4,5). The fraction of sp³-hybridized carbons (Fsp3) is 0.500. The van der Waals surface area contributed by atoms with Crippen LogP contribution in [0.15, 0.2) is 0 Å². The molecule has 0 saturated carbocycles. The molecule has 0 heterocycles. The van der Waals surface area contributed by atoms with E-state index in [1.807, 2.05) is 4.72 Å². The molecule has 36 valence electrons. The fourth-order valence-electron chi connectivity index (χ4n) is 0.0456. The lowest BCUT2D eigenvalue weighted by Gasteiger charge is -1.86. The molecule has 0 rings (SSSR count).